The maximum atomic E-state index is 15.2. The van der Waals surface area contributed by atoms with Crippen molar-refractivity contribution in [2.45, 2.75) is 43.9 Å². The first-order chi connectivity index (χ1) is 21.6. The standard InChI is InChI=1S/C33H30F3N3O6S/c1-32(2,31(40)41)15-17-6-5-7-21-27(17)44-13-11-33(21,3)23-16-38-30(39-23)20-14-18(8-9-22(20)34)45-28-25(36)24(35)26-19(10-12-37-26)29(28)46(4,42)43/h5-10,12,14,16,37H,11,13,15H2,1-4H3,(H,38,39)(H,40,41)/t33-/m1/s1. The molecule has 1 aliphatic rings. The molecule has 9 nitrogen and oxygen atoms in total. The first-order valence-corrected chi connectivity index (χ1v) is 16.2. The van der Waals surface area contributed by atoms with Gasteiger partial charge in [0.25, 0.3) is 0 Å². The molecule has 0 saturated carbocycles. The molecular weight excluding hydrogens is 623 g/mol. The van der Waals surface area contributed by atoms with Gasteiger partial charge in [-0.25, -0.2) is 22.2 Å². The van der Waals surface area contributed by atoms with Gasteiger partial charge < -0.3 is 24.5 Å². The van der Waals surface area contributed by atoms with Gasteiger partial charge in [-0.05, 0) is 63.4 Å². The molecule has 0 aliphatic carbocycles. The number of fused-ring (bicyclic) bond motifs is 2. The summed E-state index contributed by atoms with van der Waals surface area (Å²) in [6.07, 6.45) is 4.49. The Kier molecular flexibility index (Phi) is 7.42. The number of H-pyrrole nitrogens is 2. The highest BCUT2D eigenvalue weighted by atomic mass is 32.2. The van der Waals surface area contributed by atoms with E-state index in [1.165, 1.54) is 24.4 Å². The molecule has 3 heterocycles. The molecule has 46 heavy (non-hydrogen) atoms. The number of rotatable bonds is 8. The number of nitrogens with one attached hydrogen (secondary N) is 2. The highest BCUT2D eigenvalue weighted by Gasteiger charge is 2.39. The van der Waals surface area contributed by atoms with Gasteiger partial charge in [0.2, 0.25) is 5.82 Å². The van der Waals surface area contributed by atoms with Gasteiger partial charge in [-0.2, -0.15) is 4.39 Å². The van der Waals surface area contributed by atoms with E-state index in [4.69, 9.17) is 9.47 Å². The van der Waals surface area contributed by atoms with Crippen LogP contribution in [-0.4, -0.2) is 47.3 Å². The summed E-state index contributed by atoms with van der Waals surface area (Å²) >= 11 is 0. The number of nitrogens with zero attached hydrogens (tertiary/aromatic N) is 1. The van der Waals surface area contributed by atoms with E-state index in [-0.39, 0.29) is 34.5 Å². The van der Waals surface area contributed by atoms with Crippen molar-refractivity contribution in [1.29, 1.82) is 0 Å². The number of carboxylic acids is 1. The average molecular weight is 654 g/mol. The zero-order chi connectivity index (χ0) is 33.2. The van der Waals surface area contributed by atoms with Gasteiger partial charge in [0.15, 0.2) is 21.4 Å². The number of sulfone groups is 1. The molecule has 0 spiro atoms. The highest BCUT2D eigenvalue weighted by Crippen LogP contribution is 2.46. The number of aromatic nitrogens is 3. The van der Waals surface area contributed by atoms with Crippen LogP contribution in [-0.2, 0) is 26.5 Å². The van der Waals surface area contributed by atoms with Crippen LogP contribution in [0.1, 0.15) is 44.0 Å². The third-order valence-corrected chi connectivity index (χ3v) is 9.66. The molecule has 0 saturated heterocycles. The second-order valence-electron chi connectivity index (χ2n) is 12.3. The summed E-state index contributed by atoms with van der Waals surface area (Å²) in [5.74, 6) is -4.75. The van der Waals surface area contributed by atoms with Crippen molar-refractivity contribution >= 4 is 26.7 Å². The zero-order valence-electron chi connectivity index (χ0n) is 25.3. The van der Waals surface area contributed by atoms with Gasteiger partial charge in [0, 0.05) is 40.7 Å². The van der Waals surface area contributed by atoms with Crippen molar-refractivity contribution in [2.24, 2.45) is 5.41 Å². The molecule has 6 rings (SSSR count). The van der Waals surface area contributed by atoms with E-state index in [9.17, 15) is 22.7 Å². The first kappa shape index (κ1) is 31.2. The van der Waals surface area contributed by atoms with E-state index in [1.807, 2.05) is 25.1 Å². The normalized spacial score (nSPS) is 16.7. The van der Waals surface area contributed by atoms with E-state index in [1.54, 1.807) is 20.0 Å². The maximum absolute atomic E-state index is 15.2. The summed E-state index contributed by atoms with van der Waals surface area (Å²) in [6.45, 7) is 5.62. The molecule has 240 valence electrons. The molecule has 0 amide bonds. The minimum absolute atomic E-state index is 0.0545. The lowest BCUT2D eigenvalue weighted by atomic mass is 9.73. The predicted octanol–water partition coefficient (Wildman–Crippen LogP) is 6.91. The number of hydrogen-bond acceptors (Lipinski definition) is 6. The molecular formula is C33H30F3N3O6S. The second-order valence-corrected chi connectivity index (χ2v) is 14.3. The van der Waals surface area contributed by atoms with E-state index >= 15 is 8.78 Å². The topological polar surface area (TPSA) is 134 Å². The number of carboxylic acid groups (broad SMARTS) is 1. The number of imidazole rings is 1. The van der Waals surface area contributed by atoms with Crippen LogP contribution in [0.4, 0.5) is 13.2 Å². The molecule has 13 heteroatoms. The molecule has 0 bridgehead atoms. The minimum Gasteiger partial charge on any atom is -0.493 e. The van der Waals surface area contributed by atoms with Gasteiger partial charge >= 0.3 is 5.97 Å². The Bertz CT molecular complexity index is 2140. The largest absolute Gasteiger partial charge is 0.493 e. The Hall–Kier alpha value is -4.78. The van der Waals surface area contributed by atoms with Crippen LogP contribution in [0.5, 0.6) is 17.2 Å². The Morgan fingerprint density at radius 2 is 1.91 bits per heavy atom. The maximum Gasteiger partial charge on any atom is 0.309 e. The third kappa shape index (κ3) is 5.17. The zero-order valence-corrected chi connectivity index (χ0v) is 26.1. The molecule has 3 N–H and O–H groups in total. The molecule has 1 aliphatic heterocycles. The van der Waals surface area contributed by atoms with Crippen LogP contribution in [0.2, 0.25) is 0 Å². The van der Waals surface area contributed by atoms with E-state index in [0.29, 0.717) is 24.5 Å². The van der Waals surface area contributed by atoms with Crippen molar-refractivity contribution in [3.8, 4) is 28.6 Å². The summed E-state index contributed by atoms with van der Waals surface area (Å²) < 4.78 is 82.3. The molecule has 0 unspecified atom stereocenters. The van der Waals surface area contributed by atoms with Crippen LogP contribution >= 0.6 is 0 Å². The van der Waals surface area contributed by atoms with Gasteiger partial charge in [-0.3, -0.25) is 4.79 Å². The van der Waals surface area contributed by atoms with Crippen LogP contribution in [0.15, 0.2) is 59.8 Å². The summed E-state index contributed by atoms with van der Waals surface area (Å²) in [7, 11) is -4.10. The van der Waals surface area contributed by atoms with Crippen molar-refractivity contribution in [1.82, 2.24) is 15.0 Å². The monoisotopic (exact) mass is 653 g/mol. The lowest BCUT2D eigenvalue weighted by molar-refractivity contribution is -0.146. The quantitative estimate of drug-likeness (QED) is 0.155. The first-order valence-electron chi connectivity index (χ1n) is 14.3. The molecule has 1 atom stereocenters. The van der Waals surface area contributed by atoms with Gasteiger partial charge in [0.1, 0.15) is 28.0 Å². The van der Waals surface area contributed by atoms with Crippen molar-refractivity contribution in [2.75, 3.05) is 12.9 Å². The van der Waals surface area contributed by atoms with Crippen LogP contribution in [0.3, 0.4) is 0 Å². The number of carbonyl (C=O) groups is 1. The van der Waals surface area contributed by atoms with Gasteiger partial charge in [0.05, 0.1) is 23.1 Å². The summed E-state index contributed by atoms with van der Waals surface area (Å²) in [5.41, 5.74) is 0.136. The molecule has 3 aromatic carbocycles. The molecule has 2 aromatic heterocycles. The Labute approximate surface area is 262 Å². The Morgan fingerprint density at radius 3 is 2.63 bits per heavy atom. The molecule has 0 radical (unpaired) electrons. The number of benzene rings is 3. The fourth-order valence-corrected chi connectivity index (χ4v) is 6.93. The number of aromatic amines is 2. The number of hydrogen-bond donors (Lipinski definition) is 3. The van der Waals surface area contributed by atoms with Crippen molar-refractivity contribution in [3.05, 3.63) is 89.1 Å². The van der Waals surface area contributed by atoms with Crippen molar-refractivity contribution in [3.63, 3.8) is 0 Å². The minimum atomic E-state index is -4.10. The van der Waals surface area contributed by atoms with Crippen molar-refractivity contribution < 1.29 is 41.0 Å². The number of para-hydroxylation sites is 1. The van der Waals surface area contributed by atoms with E-state index < -0.39 is 54.7 Å². The number of aliphatic carboxylic acids is 1. The summed E-state index contributed by atoms with van der Waals surface area (Å²) in [5, 5.41) is 9.59. The highest BCUT2D eigenvalue weighted by molar-refractivity contribution is 7.91. The lowest BCUT2D eigenvalue weighted by Gasteiger charge is -2.36. The molecule has 5 aromatic rings. The van der Waals surface area contributed by atoms with E-state index in [2.05, 4.69) is 15.0 Å². The Morgan fingerprint density at radius 1 is 1.15 bits per heavy atom. The summed E-state index contributed by atoms with van der Waals surface area (Å²) in [6, 6.07) is 10.3. The molecule has 0 fully saturated rings. The van der Waals surface area contributed by atoms with E-state index in [0.717, 1.165) is 23.4 Å². The lowest BCUT2D eigenvalue weighted by Crippen LogP contribution is -2.33. The van der Waals surface area contributed by atoms with Crippen LogP contribution in [0.25, 0.3) is 22.3 Å². The van der Waals surface area contributed by atoms with Gasteiger partial charge in [-0.1, -0.05) is 18.2 Å². The fraction of sp³-hybridized carbons (Fsp3) is 0.273. The van der Waals surface area contributed by atoms with Gasteiger partial charge in [-0.15, -0.1) is 0 Å². The number of ether oxygens (including phenoxy) is 2. The fourth-order valence-electron chi connectivity index (χ4n) is 5.89. The van der Waals surface area contributed by atoms with Crippen LogP contribution < -0.4 is 9.47 Å². The predicted molar refractivity (Wildman–Crippen MR) is 164 cm³/mol. The smallest absolute Gasteiger partial charge is 0.309 e. The third-order valence-electron chi connectivity index (χ3n) is 8.51. The SMILES string of the molecule is CC(C)(Cc1cccc2c1OCC[C@@]2(C)c1cnc(-c2cc(Oc3c(F)c(F)c4[nH]ccc4c3S(C)(=O)=O)ccc2F)[nH]1)C(=O)O. The Balaban J connectivity index is 1.38. The summed E-state index contributed by atoms with van der Waals surface area (Å²) in [4.78, 5) is 21.4. The second kappa shape index (κ2) is 10.9. The van der Waals surface area contributed by atoms with Crippen LogP contribution in [0, 0.1) is 22.9 Å². The average Bonchev–Trinajstić information content (AvgIpc) is 3.67. The number of halogens is 3.